The van der Waals surface area contributed by atoms with Crippen molar-refractivity contribution in [2.45, 2.75) is 6.92 Å². The number of ether oxygens (including phenoxy) is 3. The second-order valence-corrected chi connectivity index (χ2v) is 4.79. The Labute approximate surface area is 140 Å². The van der Waals surface area contributed by atoms with Gasteiger partial charge >= 0.3 is 5.97 Å². The molecule has 6 nitrogen and oxygen atoms in total. The number of benzene rings is 2. The summed E-state index contributed by atoms with van der Waals surface area (Å²) in [5, 5.41) is 2.72. The third kappa shape index (κ3) is 3.84. The lowest BCUT2D eigenvalue weighted by atomic mass is 10.1. The normalized spacial score (nSPS) is 9.96. The number of carbonyl (C=O) groups excluding carboxylic acids is 2. The Balaban J connectivity index is 2.34. The summed E-state index contributed by atoms with van der Waals surface area (Å²) in [6, 6.07) is 11.6. The molecule has 0 radical (unpaired) electrons. The molecule has 2 rings (SSSR count). The predicted molar refractivity (Wildman–Crippen MR) is 89.9 cm³/mol. The lowest BCUT2D eigenvalue weighted by Crippen LogP contribution is -2.16. The maximum Gasteiger partial charge on any atom is 0.340 e. The lowest BCUT2D eigenvalue weighted by molar-refractivity contribution is 0.0601. The Bertz CT molecular complexity index is 742. The topological polar surface area (TPSA) is 73.9 Å². The van der Waals surface area contributed by atoms with Gasteiger partial charge in [-0.3, -0.25) is 4.79 Å². The van der Waals surface area contributed by atoms with Gasteiger partial charge in [0.2, 0.25) is 0 Å². The fourth-order valence-corrected chi connectivity index (χ4v) is 2.16. The van der Waals surface area contributed by atoms with Crippen LogP contribution in [0.4, 0.5) is 5.69 Å². The van der Waals surface area contributed by atoms with E-state index >= 15 is 0 Å². The summed E-state index contributed by atoms with van der Waals surface area (Å²) in [5.74, 6) is 0.0189. The van der Waals surface area contributed by atoms with Crippen LogP contribution in [0.2, 0.25) is 0 Å². The molecule has 24 heavy (non-hydrogen) atoms. The predicted octanol–water partition coefficient (Wildman–Crippen LogP) is 3.13. The van der Waals surface area contributed by atoms with E-state index in [1.54, 1.807) is 36.4 Å². The monoisotopic (exact) mass is 329 g/mol. The average Bonchev–Trinajstić information content (AvgIpc) is 2.62. The second-order valence-electron chi connectivity index (χ2n) is 4.79. The molecular weight excluding hydrogens is 310 g/mol. The summed E-state index contributed by atoms with van der Waals surface area (Å²) in [6.07, 6.45) is 0. The summed E-state index contributed by atoms with van der Waals surface area (Å²) < 4.78 is 15.3. The van der Waals surface area contributed by atoms with Crippen LogP contribution in [0.1, 0.15) is 27.6 Å². The van der Waals surface area contributed by atoms with Gasteiger partial charge in [0.25, 0.3) is 5.91 Å². The number of carbonyl (C=O) groups is 2. The van der Waals surface area contributed by atoms with E-state index in [0.717, 1.165) is 0 Å². The summed E-state index contributed by atoms with van der Waals surface area (Å²) in [6.45, 7) is 2.29. The largest absolute Gasteiger partial charge is 0.497 e. The van der Waals surface area contributed by atoms with Gasteiger partial charge in [0.1, 0.15) is 11.5 Å². The molecule has 1 amide bonds. The van der Waals surface area contributed by atoms with Gasteiger partial charge in [0.15, 0.2) is 0 Å². The maximum atomic E-state index is 12.6. The number of hydrogen-bond acceptors (Lipinski definition) is 5. The molecule has 0 heterocycles. The van der Waals surface area contributed by atoms with Crippen molar-refractivity contribution >= 4 is 17.6 Å². The third-order valence-corrected chi connectivity index (χ3v) is 3.31. The number of methoxy groups -OCH3 is 2. The molecule has 0 saturated carbocycles. The van der Waals surface area contributed by atoms with Gasteiger partial charge in [-0.1, -0.05) is 12.1 Å². The van der Waals surface area contributed by atoms with E-state index in [2.05, 4.69) is 5.32 Å². The molecule has 0 aliphatic heterocycles. The number of rotatable bonds is 6. The molecule has 0 unspecified atom stereocenters. The molecule has 0 fully saturated rings. The molecule has 126 valence electrons. The van der Waals surface area contributed by atoms with Gasteiger partial charge in [0, 0.05) is 0 Å². The highest BCUT2D eigenvalue weighted by molar-refractivity contribution is 6.09. The van der Waals surface area contributed by atoms with Crippen LogP contribution < -0.4 is 14.8 Å². The van der Waals surface area contributed by atoms with Crippen LogP contribution in [-0.2, 0) is 4.74 Å². The maximum absolute atomic E-state index is 12.6. The first-order chi connectivity index (χ1) is 11.6. The number of esters is 1. The Kier molecular flexibility index (Phi) is 5.78. The van der Waals surface area contributed by atoms with Crippen LogP contribution in [-0.4, -0.2) is 32.7 Å². The summed E-state index contributed by atoms with van der Waals surface area (Å²) >= 11 is 0. The molecule has 2 aromatic carbocycles. The number of para-hydroxylation sites is 1. The zero-order valence-electron chi connectivity index (χ0n) is 13.8. The number of anilines is 1. The number of amides is 1. The van der Waals surface area contributed by atoms with Gasteiger partial charge in [-0.25, -0.2) is 4.79 Å². The molecular formula is C18H19NO5. The standard InChI is InChI=1S/C18H19NO5/c1-4-24-16-8-6-5-7-13(16)17(20)19-15-10-9-12(22-2)11-14(15)18(21)23-3/h5-11H,4H2,1-3H3,(H,19,20). The number of nitrogens with one attached hydrogen (secondary N) is 1. The van der Waals surface area contributed by atoms with Crippen molar-refractivity contribution in [2.24, 2.45) is 0 Å². The molecule has 0 saturated heterocycles. The zero-order chi connectivity index (χ0) is 17.5. The van der Waals surface area contributed by atoms with Crippen LogP contribution in [0.15, 0.2) is 42.5 Å². The van der Waals surface area contributed by atoms with Crippen LogP contribution in [0.5, 0.6) is 11.5 Å². The first-order valence-electron chi connectivity index (χ1n) is 7.40. The SMILES string of the molecule is CCOc1ccccc1C(=O)Nc1ccc(OC)cc1C(=O)OC. The smallest absolute Gasteiger partial charge is 0.340 e. The summed E-state index contributed by atoms with van der Waals surface area (Å²) in [4.78, 5) is 24.5. The molecule has 0 aromatic heterocycles. The first-order valence-corrected chi connectivity index (χ1v) is 7.40. The molecule has 0 aliphatic rings. The van der Waals surface area contributed by atoms with Gasteiger partial charge in [-0.2, -0.15) is 0 Å². The minimum atomic E-state index is -0.567. The Morgan fingerprint density at radius 1 is 1.04 bits per heavy atom. The number of hydrogen-bond donors (Lipinski definition) is 1. The zero-order valence-corrected chi connectivity index (χ0v) is 13.8. The second kappa shape index (κ2) is 8.01. The van der Waals surface area contributed by atoms with E-state index < -0.39 is 5.97 Å². The highest BCUT2D eigenvalue weighted by atomic mass is 16.5. The van der Waals surface area contributed by atoms with E-state index in [1.807, 2.05) is 6.92 Å². The van der Waals surface area contributed by atoms with Gasteiger partial charge in [0.05, 0.1) is 37.6 Å². The van der Waals surface area contributed by atoms with Gasteiger partial charge in [-0.05, 0) is 37.3 Å². The fraction of sp³-hybridized carbons (Fsp3) is 0.222. The fourth-order valence-electron chi connectivity index (χ4n) is 2.16. The van der Waals surface area contributed by atoms with Crippen molar-refractivity contribution in [3.63, 3.8) is 0 Å². The van der Waals surface area contributed by atoms with Crippen molar-refractivity contribution in [2.75, 3.05) is 26.1 Å². The highest BCUT2D eigenvalue weighted by Crippen LogP contribution is 2.25. The van der Waals surface area contributed by atoms with Crippen LogP contribution >= 0.6 is 0 Å². The first kappa shape index (κ1) is 17.3. The summed E-state index contributed by atoms with van der Waals surface area (Å²) in [7, 11) is 2.77. The van der Waals surface area contributed by atoms with Crippen LogP contribution in [0, 0.1) is 0 Å². The minimum Gasteiger partial charge on any atom is -0.497 e. The molecule has 0 atom stereocenters. The molecule has 0 bridgehead atoms. The van der Waals surface area contributed by atoms with Crippen molar-refractivity contribution in [3.05, 3.63) is 53.6 Å². The highest BCUT2D eigenvalue weighted by Gasteiger charge is 2.18. The average molecular weight is 329 g/mol. The Morgan fingerprint density at radius 3 is 2.46 bits per heavy atom. The van der Waals surface area contributed by atoms with E-state index in [-0.39, 0.29) is 11.5 Å². The van der Waals surface area contributed by atoms with E-state index in [9.17, 15) is 9.59 Å². The Hall–Kier alpha value is -3.02. The van der Waals surface area contributed by atoms with E-state index in [1.165, 1.54) is 20.3 Å². The van der Waals surface area contributed by atoms with Crippen molar-refractivity contribution in [3.8, 4) is 11.5 Å². The molecule has 1 N–H and O–H groups in total. The summed E-state index contributed by atoms with van der Waals surface area (Å²) in [5.41, 5.74) is 0.920. The molecule has 2 aromatic rings. The van der Waals surface area contributed by atoms with Crippen molar-refractivity contribution < 1.29 is 23.8 Å². The van der Waals surface area contributed by atoms with E-state index in [0.29, 0.717) is 29.4 Å². The third-order valence-electron chi connectivity index (χ3n) is 3.31. The lowest BCUT2D eigenvalue weighted by Gasteiger charge is -2.13. The van der Waals surface area contributed by atoms with Crippen molar-refractivity contribution in [1.82, 2.24) is 0 Å². The quantitative estimate of drug-likeness (QED) is 0.824. The van der Waals surface area contributed by atoms with Crippen molar-refractivity contribution in [1.29, 1.82) is 0 Å². The van der Waals surface area contributed by atoms with Crippen LogP contribution in [0.3, 0.4) is 0 Å². The van der Waals surface area contributed by atoms with E-state index in [4.69, 9.17) is 14.2 Å². The van der Waals surface area contributed by atoms with Gasteiger partial charge < -0.3 is 19.5 Å². The molecule has 6 heteroatoms. The Morgan fingerprint density at radius 2 is 1.79 bits per heavy atom. The van der Waals surface area contributed by atoms with Gasteiger partial charge in [-0.15, -0.1) is 0 Å². The molecule has 0 spiro atoms. The molecule has 0 aliphatic carbocycles. The minimum absolute atomic E-state index is 0.207. The van der Waals surface area contributed by atoms with Crippen LogP contribution in [0.25, 0.3) is 0 Å².